The number of likely N-dealkylation sites (tertiary alicyclic amines) is 1. The highest BCUT2D eigenvalue weighted by molar-refractivity contribution is 5.29. The first kappa shape index (κ1) is 15.3. The average Bonchev–Trinajstić information content (AvgIpc) is 2.52. The largest absolute Gasteiger partial charge is 0.494 e. The van der Waals surface area contributed by atoms with Crippen LogP contribution in [0.25, 0.3) is 0 Å². The molecule has 1 fully saturated rings. The smallest absolute Gasteiger partial charge is 0.119 e. The Morgan fingerprint density at radius 1 is 1.35 bits per heavy atom. The normalized spacial score (nSPS) is 21.6. The molecule has 1 aromatic carbocycles. The molecule has 1 saturated heterocycles. The van der Waals surface area contributed by atoms with Gasteiger partial charge in [-0.05, 0) is 62.9 Å². The first-order valence-electron chi connectivity index (χ1n) is 7.91. The summed E-state index contributed by atoms with van der Waals surface area (Å²) in [7, 11) is 0. The molecule has 0 aliphatic carbocycles. The van der Waals surface area contributed by atoms with Crippen LogP contribution in [0.15, 0.2) is 24.3 Å². The van der Waals surface area contributed by atoms with E-state index >= 15 is 0 Å². The molecule has 3 heteroatoms. The zero-order valence-corrected chi connectivity index (χ0v) is 12.8. The third-order valence-corrected chi connectivity index (χ3v) is 4.27. The molecule has 0 radical (unpaired) electrons. The molecular formula is C17H28N2O. The minimum Gasteiger partial charge on any atom is -0.494 e. The summed E-state index contributed by atoms with van der Waals surface area (Å²) in [4.78, 5) is 2.56. The number of hydrogen-bond donors (Lipinski definition) is 1. The lowest BCUT2D eigenvalue weighted by molar-refractivity contribution is 0.134. The number of piperidine rings is 1. The summed E-state index contributed by atoms with van der Waals surface area (Å²) in [5.74, 6) is 1.64. The molecule has 0 saturated carbocycles. The second-order valence-corrected chi connectivity index (χ2v) is 5.83. The SMILES string of the molecule is CCCOc1ccc(C(C)N2CCCC(CN)C2)cc1. The maximum absolute atomic E-state index is 5.83. The van der Waals surface area contributed by atoms with Crippen LogP contribution in [0, 0.1) is 5.92 Å². The van der Waals surface area contributed by atoms with Crippen molar-refractivity contribution in [3.63, 3.8) is 0 Å². The van der Waals surface area contributed by atoms with Crippen molar-refractivity contribution in [2.24, 2.45) is 11.7 Å². The van der Waals surface area contributed by atoms with Crippen LogP contribution in [0.5, 0.6) is 5.75 Å². The van der Waals surface area contributed by atoms with Gasteiger partial charge in [0.1, 0.15) is 5.75 Å². The Hall–Kier alpha value is -1.06. The highest BCUT2D eigenvalue weighted by Crippen LogP contribution is 2.27. The van der Waals surface area contributed by atoms with E-state index in [4.69, 9.17) is 10.5 Å². The second kappa shape index (κ2) is 7.65. The van der Waals surface area contributed by atoms with Gasteiger partial charge < -0.3 is 10.5 Å². The van der Waals surface area contributed by atoms with E-state index in [9.17, 15) is 0 Å². The molecule has 0 spiro atoms. The summed E-state index contributed by atoms with van der Waals surface area (Å²) in [5.41, 5.74) is 7.19. The van der Waals surface area contributed by atoms with Gasteiger partial charge in [-0.1, -0.05) is 19.1 Å². The molecule has 0 bridgehead atoms. The van der Waals surface area contributed by atoms with Gasteiger partial charge in [-0.25, -0.2) is 0 Å². The van der Waals surface area contributed by atoms with Crippen LogP contribution in [-0.4, -0.2) is 31.1 Å². The quantitative estimate of drug-likeness (QED) is 0.867. The zero-order valence-electron chi connectivity index (χ0n) is 12.8. The summed E-state index contributed by atoms with van der Waals surface area (Å²) in [6.45, 7) is 8.34. The van der Waals surface area contributed by atoms with Crippen LogP contribution in [0.1, 0.15) is 44.7 Å². The van der Waals surface area contributed by atoms with Crippen LogP contribution < -0.4 is 10.5 Å². The van der Waals surface area contributed by atoms with Crippen molar-refractivity contribution >= 4 is 0 Å². The van der Waals surface area contributed by atoms with E-state index in [1.165, 1.54) is 24.9 Å². The van der Waals surface area contributed by atoms with Gasteiger partial charge >= 0.3 is 0 Å². The van der Waals surface area contributed by atoms with E-state index in [2.05, 4.69) is 43.0 Å². The Bertz CT molecular complexity index is 390. The highest BCUT2D eigenvalue weighted by atomic mass is 16.5. The molecule has 2 unspecified atom stereocenters. The molecule has 1 aliphatic rings. The number of rotatable bonds is 6. The Labute approximate surface area is 123 Å². The number of benzene rings is 1. The van der Waals surface area contributed by atoms with E-state index in [1.807, 2.05) is 0 Å². The number of nitrogens with two attached hydrogens (primary N) is 1. The van der Waals surface area contributed by atoms with Crippen LogP contribution in [0.3, 0.4) is 0 Å². The Morgan fingerprint density at radius 3 is 2.75 bits per heavy atom. The fraction of sp³-hybridized carbons (Fsp3) is 0.647. The number of hydrogen-bond acceptors (Lipinski definition) is 3. The monoisotopic (exact) mass is 276 g/mol. The molecule has 3 nitrogen and oxygen atoms in total. The summed E-state index contributed by atoms with van der Waals surface area (Å²) < 4.78 is 5.64. The van der Waals surface area contributed by atoms with E-state index in [-0.39, 0.29) is 0 Å². The summed E-state index contributed by atoms with van der Waals surface area (Å²) in [5, 5.41) is 0. The molecule has 112 valence electrons. The molecule has 1 aromatic rings. The van der Waals surface area contributed by atoms with Crippen molar-refractivity contribution in [1.29, 1.82) is 0 Å². The first-order chi connectivity index (χ1) is 9.74. The fourth-order valence-electron chi connectivity index (χ4n) is 2.91. The van der Waals surface area contributed by atoms with Gasteiger partial charge in [0.15, 0.2) is 0 Å². The van der Waals surface area contributed by atoms with Crippen molar-refractivity contribution in [2.75, 3.05) is 26.2 Å². The Kier molecular flexibility index (Phi) is 5.86. The third-order valence-electron chi connectivity index (χ3n) is 4.27. The van der Waals surface area contributed by atoms with Crippen molar-refractivity contribution in [3.8, 4) is 5.75 Å². The fourth-order valence-corrected chi connectivity index (χ4v) is 2.91. The minimum absolute atomic E-state index is 0.463. The lowest BCUT2D eigenvalue weighted by Gasteiger charge is -2.36. The van der Waals surface area contributed by atoms with Gasteiger partial charge in [0.05, 0.1) is 6.61 Å². The molecule has 0 amide bonds. The summed E-state index contributed by atoms with van der Waals surface area (Å²) in [6.07, 6.45) is 3.60. The summed E-state index contributed by atoms with van der Waals surface area (Å²) >= 11 is 0. The number of ether oxygens (including phenoxy) is 1. The predicted octanol–water partition coefficient (Wildman–Crippen LogP) is 3.21. The average molecular weight is 276 g/mol. The lowest BCUT2D eigenvalue weighted by Crippen LogP contribution is -2.39. The van der Waals surface area contributed by atoms with E-state index < -0.39 is 0 Å². The first-order valence-corrected chi connectivity index (χ1v) is 7.91. The van der Waals surface area contributed by atoms with Crippen molar-refractivity contribution in [1.82, 2.24) is 4.90 Å². The highest BCUT2D eigenvalue weighted by Gasteiger charge is 2.23. The minimum atomic E-state index is 0.463. The van der Waals surface area contributed by atoms with Gasteiger partial charge in [-0.15, -0.1) is 0 Å². The molecule has 20 heavy (non-hydrogen) atoms. The molecule has 2 N–H and O–H groups in total. The Balaban J connectivity index is 1.95. The predicted molar refractivity (Wildman–Crippen MR) is 84.0 cm³/mol. The van der Waals surface area contributed by atoms with Crippen molar-refractivity contribution in [3.05, 3.63) is 29.8 Å². The molecule has 2 atom stereocenters. The van der Waals surface area contributed by atoms with E-state index in [0.29, 0.717) is 12.0 Å². The maximum Gasteiger partial charge on any atom is 0.119 e. The van der Waals surface area contributed by atoms with Gasteiger partial charge in [0.2, 0.25) is 0 Å². The van der Waals surface area contributed by atoms with Gasteiger partial charge in [0.25, 0.3) is 0 Å². The van der Waals surface area contributed by atoms with Crippen LogP contribution >= 0.6 is 0 Å². The van der Waals surface area contributed by atoms with Gasteiger partial charge in [-0.3, -0.25) is 4.90 Å². The van der Waals surface area contributed by atoms with Crippen molar-refractivity contribution < 1.29 is 4.74 Å². The van der Waals surface area contributed by atoms with E-state index in [0.717, 1.165) is 31.9 Å². The zero-order chi connectivity index (χ0) is 14.4. The van der Waals surface area contributed by atoms with Crippen molar-refractivity contribution in [2.45, 2.75) is 39.2 Å². The molecule has 1 aliphatic heterocycles. The second-order valence-electron chi connectivity index (χ2n) is 5.83. The lowest BCUT2D eigenvalue weighted by atomic mass is 9.95. The molecule has 2 rings (SSSR count). The maximum atomic E-state index is 5.83. The van der Waals surface area contributed by atoms with Crippen LogP contribution in [0.2, 0.25) is 0 Å². The van der Waals surface area contributed by atoms with E-state index in [1.54, 1.807) is 0 Å². The molecular weight excluding hydrogens is 248 g/mol. The molecule has 1 heterocycles. The standard InChI is InChI=1S/C17H28N2O/c1-3-11-20-17-8-6-16(7-9-17)14(2)19-10-4-5-15(12-18)13-19/h6-9,14-15H,3-5,10-13,18H2,1-2H3. The summed E-state index contributed by atoms with van der Waals surface area (Å²) in [6, 6.07) is 9.03. The van der Waals surface area contributed by atoms with Gasteiger partial charge in [0, 0.05) is 12.6 Å². The third kappa shape index (κ3) is 3.97. The molecule has 0 aromatic heterocycles. The topological polar surface area (TPSA) is 38.5 Å². The Morgan fingerprint density at radius 2 is 2.10 bits per heavy atom. The number of nitrogens with zero attached hydrogens (tertiary/aromatic N) is 1. The van der Waals surface area contributed by atoms with Crippen LogP contribution in [0.4, 0.5) is 0 Å². The van der Waals surface area contributed by atoms with Crippen LogP contribution in [-0.2, 0) is 0 Å². The van der Waals surface area contributed by atoms with Gasteiger partial charge in [-0.2, -0.15) is 0 Å².